The second kappa shape index (κ2) is 18.8. The van der Waals surface area contributed by atoms with E-state index < -0.39 is 36.0 Å². The number of carbonyl (C=O) groups excluding carboxylic acids is 4. The van der Waals surface area contributed by atoms with E-state index in [2.05, 4.69) is 16.0 Å². The van der Waals surface area contributed by atoms with E-state index in [9.17, 15) is 44.0 Å². The number of nitrogens with zero attached hydrogens (tertiary/aromatic N) is 4. The first-order valence-electron chi connectivity index (χ1n) is 15.4. The van der Waals surface area contributed by atoms with Crippen LogP contribution in [-0.4, -0.2) is 169 Å². The number of aliphatic carboxylic acids is 1. The second-order valence-electron chi connectivity index (χ2n) is 11.4. The molecule has 2 saturated heterocycles. The van der Waals surface area contributed by atoms with Gasteiger partial charge in [0.15, 0.2) is 0 Å². The zero-order chi connectivity index (χ0) is 34.3. The molecule has 1 aromatic rings. The van der Waals surface area contributed by atoms with Crippen LogP contribution < -0.4 is 16.0 Å². The number of hydrogen-bond acceptors (Lipinski definition) is 11. The maximum Gasteiger partial charge on any atom is 0.407 e. The lowest BCUT2D eigenvalue weighted by molar-refractivity contribution is -0.148. The number of likely N-dealkylation sites (tertiary alicyclic amines) is 1. The number of ether oxygens (including phenoxy) is 1. The zero-order valence-corrected chi connectivity index (χ0v) is 26.4. The van der Waals surface area contributed by atoms with E-state index in [0.717, 1.165) is 18.8 Å². The van der Waals surface area contributed by atoms with Gasteiger partial charge in [-0.15, -0.1) is 0 Å². The van der Waals surface area contributed by atoms with E-state index >= 15 is 0 Å². The zero-order valence-electron chi connectivity index (χ0n) is 26.4. The third-order valence-electron chi connectivity index (χ3n) is 7.71. The fourth-order valence-electron chi connectivity index (χ4n) is 5.34. The van der Waals surface area contributed by atoms with Crippen molar-refractivity contribution in [2.45, 2.75) is 31.8 Å². The van der Waals surface area contributed by atoms with Crippen LogP contribution in [0.2, 0.25) is 0 Å². The Balaban J connectivity index is 1.59. The number of esters is 1. The molecule has 0 saturated carbocycles. The number of hydrogen-bond donors (Lipinski definition) is 6. The molecule has 2 aliphatic rings. The van der Waals surface area contributed by atoms with Crippen LogP contribution >= 0.6 is 0 Å². The molecule has 1 radical (unpaired) electrons. The summed E-state index contributed by atoms with van der Waals surface area (Å²) >= 11 is 0. The predicted molar refractivity (Wildman–Crippen MR) is 169 cm³/mol. The smallest absolute Gasteiger partial charge is 0.407 e. The summed E-state index contributed by atoms with van der Waals surface area (Å²) in [5.74, 6) is -3.16. The van der Waals surface area contributed by atoms with Crippen molar-refractivity contribution in [2.75, 3.05) is 83.9 Å². The molecule has 1 aromatic carbocycles. The average Bonchev–Trinajstić information content (AvgIpc) is 3.50. The molecular weight excluding hydrogens is 617 g/mol. The first-order chi connectivity index (χ1) is 22.4. The molecule has 1 unspecified atom stereocenters. The van der Waals surface area contributed by atoms with E-state index in [1.807, 2.05) is 0 Å². The first kappa shape index (κ1) is 37.2. The molecule has 2 heterocycles. The van der Waals surface area contributed by atoms with Gasteiger partial charge in [-0.2, -0.15) is 0 Å². The molecular formula is C29H43BN7O10. The highest BCUT2D eigenvalue weighted by Gasteiger charge is 2.29. The van der Waals surface area contributed by atoms with Gasteiger partial charge in [0, 0.05) is 69.6 Å². The van der Waals surface area contributed by atoms with Crippen LogP contribution in [0.3, 0.4) is 0 Å². The number of cyclic esters (lactones) is 1. The Kier molecular flexibility index (Phi) is 14.9. The van der Waals surface area contributed by atoms with Crippen molar-refractivity contribution in [1.82, 2.24) is 30.2 Å². The molecule has 2 fully saturated rings. The number of carboxylic acids is 1. The number of amides is 4. The summed E-state index contributed by atoms with van der Waals surface area (Å²) in [5, 5.41) is 36.4. The Bertz CT molecular complexity index is 1250. The lowest BCUT2D eigenvalue weighted by atomic mass is 9.86. The Morgan fingerprint density at radius 3 is 2.36 bits per heavy atom. The summed E-state index contributed by atoms with van der Waals surface area (Å²) in [7, 11) is 0.986. The first-order valence-corrected chi connectivity index (χ1v) is 15.4. The molecule has 0 aromatic heterocycles. The molecule has 0 aliphatic carbocycles. The second-order valence-corrected chi connectivity index (χ2v) is 11.4. The minimum Gasteiger partial charge on any atom is -0.480 e. The molecule has 3 rings (SSSR count). The largest absolute Gasteiger partial charge is 0.480 e. The Morgan fingerprint density at radius 2 is 1.68 bits per heavy atom. The molecule has 17 nitrogen and oxygen atoms in total. The molecule has 257 valence electrons. The van der Waals surface area contributed by atoms with Crippen molar-refractivity contribution in [3.63, 3.8) is 0 Å². The number of nitrogens with one attached hydrogen (secondary N) is 3. The fraction of sp³-hybridized carbons (Fsp3) is 0.586. The quantitative estimate of drug-likeness (QED) is 0.126. The van der Waals surface area contributed by atoms with Crippen molar-refractivity contribution < 1.29 is 48.7 Å². The number of rotatable bonds is 9. The summed E-state index contributed by atoms with van der Waals surface area (Å²) in [6.45, 7) is 2.48. The van der Waals surface area contributed by atoms with Crippen LogP contribution in [0.5, 0.6) is 0 Å². The van der Waals surface area contributed by atoms with Crippen LogP contribution in [0.1, 0.15) is 30.1 Å². The van der Waals surface area contributed by atoms with Crippen LogP contribution in [0.15, 0.2) is 24.3 Å². The highest BCUT2D eigenvalue weighted by Crippen LogP contribution is 2.16. The van der Waals surface area contributed by atoms with Crippen molar-refractivity contribution in [2.24, 2.45) is 0 Å². The molecule has 4 amide bonds. The van der Waals surface area contributed by atoms with Gasteiger partial charge in [0.2, 0.25) is 11.8 Å². The molecule has 2 atom stereocenters. The number of anilines is 1. The minimum atomic E-state index is -1.17. The summed E-state index contributed by atoms with van der Waals surface area (Å²) in [6.07, 6.45) is -0.332. The van der Waals surface area contributed by atoms with Crippen LogP contribution in [0, 0.1) is 0 Å². The van der Waals surface area contributed by atoms with E-state index in [1.165, 1.54) is 29.2 Å². The van der Waals surface area contributed by atoms with Crippen LogP contribution in [0.4, 0.5) is 10.5 Å². The predicted octanol–water partition coefficient (Wildman–Crippen LogP) is -1.88. The van der Waals surface area contributed by atoms with Gasteiger partial charge in [0.25, 0.3) is 5.91 Å². The average molecular weight is 661 g/mol. The van der Waals surface area contributed by atoms with E-state index in [-0.39, 0.29) is 89.4 Å². The molecule has 0 spiro atoms. The lowest BCUT2D eigenvalue weighted by Crippen LogP contribution is -2.46. The third kappa shape index (κ3) is 12.8. The Morgan fingerprint density at radius 1 is 0.979 bits per heavy atom. The van der Waals surface area contributed by atoms with Gasteiger partial charge in [-0.25, -0.2) is 4.79 Å². The van der Waals surface area contributed by atoms with Crippen LogP contribution in [-0.2, 0) is 23.9 Å². The van der Waals surface area contributed by atoms with Gasteiger partial charge >= 0.3 is 25.5 Å². The molecule has 2 aliphatic heterocycles. The Hall–Kier alpha value is -4.26. The Labute approximate surface area is 273 Å². The van der Waals surface area contributed by atoms with E-state index in [0.29, 0.717) is 18.7 Å². The van der Waals surface area contributed by atoms with Crippen molar-refractivity contribution >= 4 is 48.9 Å². The highest BCUT2D eigenvalue weighted by atomic mass is 16.5. The number of carbonyl (C=O) groups is 6. The van der Waals surface area contributed by atoms with Crippen molar-refractivity contribution in [3.8, 4) is 0 Å². The number of carboxylic acid groups (broad SMARTS) is 2. The normalized spacial score (nSPS) is 20.8. The summed E-state index contributed by atoms with van der Waals surface area (Å²) in [6, 6.07) is 6.08. The maximum absolute atomic E-state index is 13.0. The van der Waals surface area contributed by atoms with Crippen LogP contribution in [0.25, 0.3) is 0 Å². The monoisotopic (exact) mass is 660 g/mol. The molecule has 47 heavy (non-hydrogen) atoms. The number of benzene rings is 1. The highest BCUT2D eigenvalue weighted by molar-refractivity contribution is 6.28. The van der Waals surface area contributed by atoms with E-state index in [4.69, 9.17) is 4.74 Å². The summed E-state index contributed by atoms with van der Waals surface area (Å²) < 4.78 is 5.45. The lowest BCUT2D eigenvalue weighted by Gasteiger charge is -2.29. The van der Waals surface area contributed by atoms with Gasteiger partial charge < -0.3 is 45.7 Å². The van der Waals surface area contributed by atoms with Gasteiger partial charge in [0.05, 0.1) is 26.2 Å². The summed E-state index contributed by atoms with van der Waals surface area (Å²) in [4.78, 5) is 79.4. The van der Waals surface area contributed by atoms with Gasteiger partial charge in [-0.3, -0.25) is 33.8 Å². The molecule has 0 bridgehead atoms. The topological polar surface area (TPSA) is 221 Å². The van der Waals surface area contributed by atoms with Crippen molar-refractivity contribution in [3.05, 3.63) is 29.8 Å². The SMILES string of the molecule is CC1CN(CC(=O)Nc2ccc(C(=O)NCC(=O)N3CCC[C@H]3[B]O)cc2)CCN(CC(=O)O)CCN(C(=O)O)CCNCC(=O)O1. The minimum absolute atomic E-state index is 0.0529. The fourth-order valence-corrected chi connectivity index (χ4v) is 5.34. The van der Waals surface area contributed by atoms with Gasteiger partial charge in [0.1, 0.15) is 6.10 Å². The van der Waals surface area contributed by atoms with E-state index in [1.54, 1.807) is 16.7 Å². The summed E-state index contributed by atoms with van der Waals surface area (Å²) in [5.41, 5.74) is 0.685. The standard InChI is InChI=1S/C29H43BN7O10/c1-20-17-35(12-11-34(19-26(40)41)13-14-36(29(44)45)10-8-31-16-27(42)47-20)18-24(38)33-22-6-4-21(5-7-22)28(43)32-15-25(39)37-9-2-3-23(37)30-46/h4-7,20,23,31,46H,2-3,8-19H2,1H3,(H,32,43)(H,33,38)(H,40,41)(H,44,45)/t20?,23-/m0/s1. The van der Waals surface area contributed by atoms with Gasteiger partial charge in [-0.05, 0) is 44.0 Å². The maximum atomic E-state index is 13.0. The molecule has 6 N–H and O–H groups in total. The van der Waals surface area contributed by atoms with Gasteiger partial charge in [-0.1, -0.05) is 0 Å². The third-order valence-corrected chi connectivity index (χ3v) is 7.71. The van der Waals surface area contributed by atoms with Crippen molar-refractivity contribution in [1.29, 1.82) is 0 Å². The molecule has 18 heteroatoms.